The lowest BCUT2D eigenvalue weighted by atomic mass is 9.88. The van der Waals surface area contributed by atoms with Crippen molar-refractivity contribution in [2.24, 2.45) is 9.36 Å². The van der Waals surface area contributed by atoms with Crippen molar-refractivity contribution in [3.05, 3.63) is 47.7 Å². The molecule has 0 saturated carbocycles. The standard InChI is InChI=1S/C27H31F5N6O5S/c1-24(2,3)43-23(40)37-21-25(4,5)44(41)17(11-27(31,32)13-34-44)26(6,38-21)19-15(28)8-10-18(35-19)36-20(39)16-9-7-14(12-33-16)42-22(29)30/h7-10,12,17,22H,11,13H2,1-6H3,(H,35,36,39)(H,37,38,40)/t17-,26+,44-/m1/s1. The van der Waals surface area contributed by atoms with Crippen molar-refractivity contribution in [2.45, 2.75) is 81.6 Å². The van der Waals surface area contributed by atoms with Crippen molar-refractivity contribution in [1.82, 2.24) is 15.3 Å². The van der Waals surface area contributed by atoms with Crippen LogP contribution in [0.1, 0.15) is 64.1 Å². The van der Waals surface area contributed by atoms with Gasteiger partial charge < -0.3 is 14.8 Å². The molecule has 0 aliphatic carbocycles. The smallest absolute Gasteiger partial charge is 0.413 e. The molecule has 0 bridgehead atoms. The number of hydrogen-bond acceptors (Lipinski definition) is 9. The molecule has 0 fully saturated rings. The molecule has 4 heterocycles. The second-order valence-electron chi connectivity index (χ2n) is 11.9. The average Bonchev–Trinajstić information content (AvgIpc) is 2.89. The molecule has 0 unspecified atom stereocenters. The van der Waals surface area contributed by atoms with Gasteiger partial charge in [-0.3, -0.25) is 15.1 Å². The summed E-state index contributed by atoms with van der Waals surface area (Å²) < 4.78 is 96.4. The zero-order valence-electron chi connectivity index (χ0n) is 24.6. The van der Waals surface area contributed by atoms with Crippen LogP contribution in [0.3, 0.4) is 0 Å². The first-order valence-electron chi connectivity index (χ1n) is 13.3. The van der Waals surface area contributed by atoms with E-state index in [-0.39, 0.29) is 23.1 Å². The van der Waals surface area contributed by atoms with Crippen LogP contribution in [0, 0.1) is 5.82 Å². The highest BCUT2D eigenvalue weighted by Crippen LogP contribution is 2.50. The number of ether oxygens (including phenoxy) is 2. The van der Waals surface area contributed by atoms with Gasteiger partial charge in [0.25, 0.3) is 11.8 Å². The van der Waals surface area contributed by atoms with E-state index in [0.29, 0.717) is 0 Å². The number of halogens is 5. The number of fused-ring (bicyclic) bond motifs is 1. The Morgan fingerprint density at radius 2 is 1.77 bits per heavy atom. The molecule has 2 aromatic rings. The molecule has 2 aliphatic heterocycles. The normalized spacial score (nSPS) is 25.6. The molecule has 0 radical (unpaired) electrons. The Bertz CT molecular complexity index is 1620. The summed E-state index contributed by atoms with van der Waals surface area (Å²) >= 11 is 0. The summed E-state index contributed by atoms with van der Waals surface area (Å²) in [7, 11) is -3.71. The minimum Gasteiger partial charge on any atom is -0.444 e. The first kappa shape index (κ1) is 33.0. The van der Waals surface area contributed by atoms with Crippen molar-refractivity contribution < 1.29 is 45.2 Å². The number of nitrogens with one attached hydrogen (secondary N) is 2. The predicted molar refractivity (Wildman–Crippen MR) is 150 cm³/mol. The van der Waals surface area contributed by atoms with Gasteiger partial charge in [0.05, 0.1) is 21.2 Å². The summed E-state index contributed by atoms with van der Waals surface area (Å²) in [6.45, 7) is 4.78. The molecule has 4 rings (SSSR count). The predicted octanol–water partition coefficient (Wildman–Crippen LogP) is 5.28. The van der Waals surface area contributed by atoms with Crippen LogP contribution in [0.4, 0.5) is 32.6 Å². The summed E-state index contributed by atoms with van der Waals surface area (Å²) in [5.74, 6) is -6.08. The summed E-state index contributed by atoms with van der Waals surface area (Å²) in [5, 5.41) is 3.25. The van der Waals surface area contributed by atoms with Crippen LogP contribution in [0.5, 0.6) is 5.75 Å². The van der Waals surface area contributed by atoms with Crippen LogP contribution < -0.4 is 15.4 Å². The van der Waals surface area contributed by atoms with E-state index in [0.717, 1.165) is 30.5 Å². The van der Waals surface area contributed by atoms with Crippen molar-refractivity contribution in [2.75, 3.05) is 11.9 Å². The molecule has 3 atom stereocenters. The first-order chi connectivity index (χ1) is 20.2. The number of alkyl halides is 4. The van der Waals surface area contributed by atoms with Gasteiger partial charge in [0.2, 0.25) is 0 Å². The van der Waals surface area contributed by atoms with E-state index in [1.807, 2.05) is 0 Å². The SMILES string of the molecule is CC(C)(C)OC(=O)NC1=N[C@](C)(c2nc(NC(=O)c3ccc(OC(F)F)cn3)ccc2F)[C@H]2CC(F)(F)CN=[S@]2(=O)C1(C)C. The fourth-order valence-corrected chi connectivity index (χ4v) is 8.08. The number of nitrogens with zero attached hydrogens (tertiary/aromatic N) is 4. The molecule has 2 aliphatic rings. The van der Waals surface area contributed by atoms with Gasteiger partial charge in [-0.1, -0.05) is 0 Å². The Labute approximate surface area is 250 Å². The number of aliphatic imine (C=N–C) groups is 1. The number of aromatic nitrogens is 2. The van der Waals surface area contributed by atoms with E-state index < -0.39 is 79.9 Å². The molecule has 17 heteroatoms. The van der Waals surface area contributed by atoms with Crippen molar-refractivity contribution in [1.29, 1.82) is 0 Å². The molecule has 2 N–H and O–H groups in total. The minimum atomic E-state index is -3.71. The summed E-state index contributed by atoms with van der Waals surface area (Å²) in [4.78, 5) is 37.9. The molecule has 0 aromatic carbocycles. The summed E-state index contributed by atoms with van der Waals surface area (Å²) in [5.41, 5.74) is -3.80. The topological polar surface area (TPSA) is 144 Å². The Hall–Kier alpha value is -3.89. The minimum absolute atomic E-state index is 0.236. The highest BCUT2D eigenvalue weighted by molar-refractivity contribution is 7.96. The maximum absolute atomic E-state index is 15.5. The van der Waals surface area contributed by atoms with E-state index >= 15 is 4.39 Å². The Morgan fingerprint density at radius 3 is 2.36 bits per heavy atom. The molecular formula is C27H31F5N6O5S. The zero-order valence-corrected chi connectivity index (χ0v) is 25.4. The second kappa shape index (κ2) is 11.2. The summed E-state index contributed by atoms with van der Waals surface area (Å²) in [6, 6.07) is 4.18. The lowest BCUT2D eigenvalue weighted by Crippen LogP contribution is -2.64. The fourth-order valence-electron chi connectivity index (χ4n) is 4.85. The Balaban J connectivity index is 1.79. The van der Waals surface area contributed by atoms with E-state index in [4.69, 9.17) is 4.74 Å². The zero-order chi connectivity index (χ0) is 32.9. The molecule has 11 nitrogen and oxygen atoms in total. The number of hydrogen-bond donors (Lipinski definition) is 2. The second-order valence-corrected chi connectivity index (χ2v) is 14.9. The molecule has 240 valence electrons. The molecule has 0 spiro atoms. The third-order valence-corrected chi connectivity index (χ3v) is 10.6. The highest BCUT2D eigenvalue weighted by atomic mass is 32.2. The number of amides is 2. The number of alkyl carbamates (subject to hydrolysis) is 1. The van der Waals surface area contributed by atoms with Gasteiger partial charge >= 0.3 is 12.7 Å². The largest absolute Gasteiger partial charge is 0.444 e. The molecule has 2 amide bonds. The van der Waals surface area contributed by atoms with Crippen molar-refractivity contribution in [3.63, 3.8) is 0 Å². The molecule has 44 heavy (non-hydrogen) atoms. The van der Waals surface area contributed by atoms with Gasteiger partial charge in [-0.2, -0.15) is 8.78 Å². The van der Waals surface area contributed by atoms with Crippen molar-refractivity contribution in [3.8, 4) is 5.75 Å². The number of rotatable bonds is 5. The van der Waals surface area contributed by atoms with Gasteiger partial charge in [0.1, 0.15) is 57.0 Å². The van der Waals surface area contributed by atoms with Crippen LogP contribution in [0.25, 0.3) is 0 Å². The number of carbonyl (C=O) groups is 2. The highest BCUT2D eigenvalue weighted by Gasteiger charge is 2.61. The van der Waals surface area contributed by atoms with E-state index in [9.17, 15) is 31.4 Å². The number of anilines is 1. The first-order valence-corrected chi connectivity index (χ1v) is 14.8. The number of carbonyl (C=O) groups excluding carboxylic acids is 2. The van der Waals surface area contributed by atoms with Crippen LogP contribution in [-0.2, 0) is 20.0 Å². The van der Waals surface area contributed by atoms with Crippen LogP contribution in [0.2, 0.25) is 0 Å². The molecular weight excluding hydrogens is 615 g/mol. The number of amidine groups is 1. The lowest BCUT2D eigenvalue weighted by Gasteiger charge is -2.49. The lowest BCUT2D eigenvalue weighted by molar-refractivity contribution is -0.0500. The van der Waals surface area contributed by atoms with Gasteiger partial charge in [0.15, 0.2) is 0 Å². The van der Waals surface area contributed by atoms with E-state index in [2.05, 4.69) is 34.7 Å². The van der Waals surface area contributed by atoms with E-state index in [1.165, 1.54) is 20.8 Å². The number of pyridine rings is 2. The van der Waals surface area contributed by atoms with Gasteiger partial charge in [-0.05, 0) is 65.8 Å². The van der Waals surface area contributed by atoms with Crippen LogP contribution in [0.15, 0.2) is 39.8 Å². The quantitative estimate of drug-likeness (QED) is 0.421. The van der Waals surface area contributed by atoms with Crippen molar-refractivity contribution >= 4 is 33.4 Å². The van der Waals surface area contributed by atoms with Gasteiger partial charge in [-0.25, -0.2) is 36.5 Å². The van der Waals surface area contributed by atoms with E-state index in [1.54, 1.807) is 20.8 Å². The van der Waals surface area contributed by atoms with Gasteiger partial charge in [0, 0.05) is 6.42 Å². The maximum Gasteiger partial charge on any atom is 0.413 e. The van der Waals surface area contributed by atoms with Crippen LogP contribution >= 0.6 is 0 Å². The Kier molecular flexibility index (Phi) is 8.43. The maximum atomic E-state index is 15.5. The van der Waals surface area contributed by atoms with Crippen LogP contribution in [-0.4, -0.2) is 66.7 Å². The third kappa shape index (κ3) is 6.46. The fraction of sp³-hybridized carbons (Fsp3) is 0.519. The van der Waals surface area contributed by atoms with Gasteiger partial charge in [-0.15, -0.1) is 0 Å². The molecule has 0 saturated heterocycles. The third-order valence-electron chi connectivity index (χ3n) is 7.01. The monoisotopic (exact) mass is 646 g/mol. The Morgan fingerprint density at radius 1 is 1.09 bits per heavy atom. The molecule has 2 aromatic heterocycles. The average molecular weight is 647 g/mol. The summed E-state index contributed by atoms with van der Waals surface area (Å²) in [6.07, 6.45) is -1.05.